The fraction of sp³-hybridized carbons (Fsp3) is 0.308. The first-order chi connectivity index (χ1) is 18.6. The predicted octanol–water partition coefficient (Wildman–Crippen LogP) is 2.41. The Bertz CT molecular complexity index is 1350. The van der Waals surface area contributed by atoms with Crippen LogP contribution in [0.3, 0.4) is 0 Å². The number of halogens is 1. The fourth-order valence-electron chi connectivity index (χ4n) is 4.55. The van der Waals surface area contributed by atoms with Crippen LogP contribution in [0.15, 0.2) is 72.8 Å². The number of nitrogens with one attached hydrogen (secondary N) is 1. The van der Waals surface area contributed by atoms with E-state index in [9.17, 15) is 27.6 Å². The highest BCUT2D eigenvalue weighted by Crippen LogP contribution is 2.47. The Morgan fingerprint density at radius 2 is 1.69 bits per heavy atom. The number of ether oxygens (including phenoxy) is 2. The summed E-state index contributed by atoms with van der Waals surface area (Å²) >= 11 is 5.28. The van der Waals surface area contributed by atoms with Gasteiger partial charge in [0.1, 0.15) is 22.6 Å². The van der Waals surface area contributed by atoms with Gasteiger partial charge in [-0.1, -0.05) is 66.7 Å². The number of β-lactam (4-membered cyclic amide) rings is 1. The standard InChI is InChI=1S/C26H25ClN2O9S/c1-26(13-8-14-36-25(33)38-28-19(30)16-27)23(29-20(31)15-21(29)39(26,34)35)24(32)37-22(17-9-4-2-5-10-17)18-11-6-3-7-12-18/h2-13,21-23H,14-16H2,1H3,(H,28,30)/b13-8+/t21-,23+,26+/m1/s1. The van der Waals surface area contributed by atoms with Crippen LogP contribution >= 0.6 is 11.6 Å². The summed E-state index contributed by atoms with van der Waals surface area (Å²) < 4.78 is 35.7. The lowest BCUT2D eigenvalue weighted by Crippen LogP contribution is -2.57. The average Bonchev–Trinajstić information content (AvgIpc) is 3.08. The Labute approximate surface area is 229 Å². The van der Waals surface area contributed by atoms with E-state index < -0.39 is 68.5 Å². The quantitative estimate of drug-likeness (QED) is 0.165. The van der Waals surface area contributed by atoms with E-state index in [4.69, 9.17) is 21.1 Å². The number of benzene rings is 2. The van der Waals surface area contributed by atoms with Gasteiger partial charge in [-0.05, 0) is 24.1 Å². The van der Waals surface area contributed by atoms with Crippen LogP contribution in [-0.4, -0.2) is 65.9 Å². The summed E-state index contributed by atoms with van der Waals surface area (Å²) in [7, 11) is -4.07. The van der Waals surface area contributed by atoms with Crippen LogP contribution in [0.2, 0.25) is 0 Å². The third-order valence-corrected chi connectivity index (χ3v) is 9.46. The zero-order valence-corrected chi connectivity index (χ0v) is 22.3. The van der Waals surface area contributed by atoms with Gasteiger partial charge in [-0.2, -0.15) is 5.48 Å². The summed E-state index contributed by atoms with van der Waals surface area (Å²) in [5.74, 6) is -2.60. The summed E-state index contributed by atoms with van der Waals surface area (Å²) in [6, 6.07) is 16.4. The average molecular weight is 577 g/mol. The van der Waals surface area contributed by atoms with Crippen molar-refractivity contribution in [1.82, 2.24) is 10.4 Å². The Morgan fingerprint density at radius 3 is 2.23 bits per heavy atom. The molecule has 2 aliphatic heterocycles. The molecule has 2 fully saturated rings. The molecule has 11 nitrogen and oxygen atoms in total. The molecule has 3 atom stereocenters. The van der Waals surface area contributed by atoms with Gasteiger partial charge >= 0.3 is 12.1 Å². The Kier molecular flexibility index (Phi) is 8.26. The lowest BCUT2D eigenvalue weighted by atomic mass is 9.95. The third-order valence-electron chi connectivity index (χ3n) is 6.52. The molecule has 2 aliphatic rings. The van der Waals surface area contributed by atoms with Gasteiger partial charge in [0.05, 0.1) is 6.42 Å². The molecule has 2 saturated heterocycles. The van der Waals surface area contributed by atoms with Crippen molar-refractivity contribution in [2.45, 2.75) is 35.6 Å². The maximum Gasteiger partial charge on any atom is 0.533 e. The third kappa shape index (κ3) is 5.48. The largest absolute Gasteiger partial charge is 0.533 e. The molecule has 0 aromatic heterocycles. The zero-order chi connectivity index (χ0) is 28.2. The lowest BCUT2D eigenvalue weighted by Gasteiger charge is -2.36. The van der Waals surface area contributed by atoms with Crippen LogP contribution in [0.1, 0.15) is 30.6 Å². The highest BCUT2D eigenvalue weighted by molar-refractivity contribution is 7.94. The van der Waals surface area contributed by atoms with Crippen LogP contribution in [0.4, 0.5) is 4.79 Å². The number of rotatable bonds is 8. The Hall–Kier alpha value is -3.90. The maximum absolute atomic E-state index is 13.7. The second-order valence-electron chi connectivity index (χ2n) is 8.95. The predicted molar refractivity (Wildman–Crippen MR) is 138 cm³/mol. The Morgan fingerprint density at radius 1 is 1.10 bits per heavy atom. The highest BCUT2D eigenvalue weighted by atomic mass is 35.5. The first-order valence-electron chi connectivity index (χ1n) is 11.8. The number of hydrogen-bond acceptors (Lipinski definition) is 9. The molecule has 2 heterocycles. The van der Waals surface area contributed by atoms with Crippen LogP contribution in [0.25, 0.3) is 0 Å². The molecule has 2 aromatic rings. The monoisotopic (exact) mass is 576 g/mol. The SMILES string of the molecule is C[C@]1(/C=C/COC(=O)ONC(=O)CCl)[C@H](C(=O)OC(c2ccccc2)c2ccccc2)N2C(=O)C[C@H]2S1(=O)=O. The summed E-state index contributed by atoms with van der Waals surface area (Å²) in [6.07, 6.45) is 0.0444. The number of hydroxylamine groups is 1. The molecule has 4 rings (SSSR count). The minimum atomic E-state index is -4.07. The van der Waals surface area contributed by atoms with Crippen molar-refractivity contribution in [1.29, 1.82) is 0 Å². The van der Waals surface area contributed by atoms with Crippen molar-refractivity contribution in [3.63, 3.8) is 0 Å². The number of carbonyl (C=O) groups is 4. The van der Waals surface area contributed by atoms with Crippen LogP contribution in [-0.2, 0) is 38.5 Å². The molecule has 0 radical (unpaired) electrons. The van der Waals surface area contributed by atoms with Gasteiger partial charge in [0.25, 0.3) is 5.91 Å². The minimum Gasteiger partial charge on any atom is -0.451 e. The Balaban J connectivity index is 1.58. The van der Waals surface area contributed by atoms with Crippen LogP contribution < -0.4 is 5.48 Å². The molecule has 2 amide bonds. The molecule has 0 bridgehead atoms. The second-order valence-corrected chi connectivity index (χ2v) is 11.7. The molecule has 13 heteroatoms. The molecule has 39 heavy (non-hydrogen) atoms. The van der Waals surface area contributed by atoms with Crippen molar-refractivity contribution in [3.05, 3.63) is 83.9 Å². The molecule has 206 valence electrons. The molecule has 0 unspecified atom stereocenters. The second kappa shape index (κ2) is 11.5. The van der Waals surface area contributed by atoms with Crippen LogP contribution in [0, 0.1) is 0 Å². The lowest BCUT2D eigenvalue weighted by molar-refractivity contribution is -0.163. The number of fused-ring (bicyclic) bond motifs is 1. The number of hydrogen-bond donors (Lipinski definition) is 1. The van der Waals surface area contributed by atoms with E-state index in [1.807, 2.05) is 12.1 Å². The number of carbonyl (C=O) groups excluding carboxylic acids is 4. The first-order valence-corrected chi connectivity index (χ1v) is 13.9. The summed E-state index contributed by atoms with van der Waals surface area (Å²) in [5, 5.41) is -1.18. The van der Waals surface area contributed by atoms with Gasteiger partial charge in [-0.3, -0.25) is 9.59 Å². The van der Waals surface area contributed by atoms with Crippen molar-refractivity contribution >= 4 is 45.4 Å². The number of sulfone groups is 1. The van der Waals surface area contributed by atoms with Crippen LogP contribution in [0.5, 0.6) is 0 Å². The van der Waals surface area contributed by atoms with Crippen molar-refractivity contribution in [2.75, 3.05) is 12.5 Å². The highest BCUT2D eigenvalue weighted by Gasteiger charge is 2.69. The van der Waals surface area contributed by atoms with E-state index in [0.29, 0.717) is 11.1 Å². The summed E-state index contributed by atoms with van der Waals surface area (Å²) in [4.78, 5) is 54.2. The molecular weight excluding hydrogens is 552 g/mol. The molecule has 0 saturated carbocycles. The first kappa shape index (κ1) is 28.1. The number of amides is 2. The van der Waals surface area contributed by atoms with Gasteiger partial charge in [-0.15, -0.1) is 11.6 Å². The number of esters is 1. The zero-order valence-electron chi connectivity index (χ0n) is 20.7. The molecule has 2 aromatic carbocycles. The molecule has 0 aliphatic carbocycles. The molecular formula is C26H25ClN2O9S. The fourth-order valence-corrected chi connectivity index (χ4v) is 6.90. The van der Waals surface area contributed by atoms with E-state index in [1.54, 1.807) is 54.0 Å². The molecule has 1 N–H and O–H groups in total. The summed E-state index contributed by atoms with van der Waals surface area (Å²) in [6.45, 7) is 0.868. The smallest absolute Gasteiger partial charge is 0.451 e. The number of alkyl halides is 1. The maximum atomic E-state index is 13.7. The number of nitrogens with zero attached hydrogens (tertiary/aromatic N) is 1. The van der Waals surface area contributed by atoms with Gasteiger partial charge < -0.3 is 19.2 Å². The normalized spacial score (nSPS) is 23.2. The van der Waals surface area contributed by atoms with Gasteiger partial charge in [0.15, 0.2) is 22.0 Å². The van der Waals surface area contributed by atoms with Gasteiger partial charge in [0.2, 0.25) is 5.91 Å². The summed E-state index contributed by atoms with van der Waals surface area (Å²) in [5.41, 5.74) is 3.08. The minimum absolute atomic E-state index is 0.251. The van der Waals surface area contributed by atoms with Crippen molar-refractivity contribution in [2.24, 2.45) is 0 Å². The van der Waals surface area contributed by atoms with Gasteiger partial charge in [-0.25, -0.2) is 18.0 Å². The van der Waals surface area contributed by atoms with E-state index in [0.717, 1.165) is 4.90 Å². The van der Waals surface area contributed by atoms with Crippen molar-refractivity contribution in [3.8, 4) is 0 Å². The molecule has 0 spiro atoms. The topological polar surface area (TPSA) is 145 Å². The van der Waals surface area contributed by atoms with E-state index in [1.165, 1.54) is 19.1 Å². The van der Waals surface area contributed by atoms with E-state index >= 15 is 0 Å². The van der Waals surface area contributed by atoms with E-state index in [-0.39, 0.29) is 6.42 Å². The van der Waals surface area contributed by atoms with Crippen molar-refractivity contribution < 1.29 is 41.9 Å². The van der Waals surface area contributed by atoms with E-state index in [2.05, 4.69) is 4.84 Å². The van der Waals surface area contributed by atoms with Gasteiger partial charge in [0, 0.05) is 0 Å².